The van der Waals surface area contributed by atoms with E-state index in [1.165, 1.54) is 35.2 Å². The number of aromatic nitrogens is 3. The number of rotatable bonds is 7. The summed E-state index contributed by atoms with van der Waals surface area (Å²) in [4.78, 5) is 34.2. The molecule has 1 aliphatic rings. The molecule has 1 aromatic heterocycles. The number of urea groups is 1. The zero-order valence-electron chi connectivity index (χ0n) is 24.2. The first-order valence-corrected chi connectivity index (χ1v) is 15.8. The number of hydrogen-bond donors (Lipinski definition) is 1. The van der Waals surface area contributed by atoms with E-state index >= 15 is 4.39 Å². The van der Waals surface area contributed by atoms with Gasteiger partial charge in [-0.05, 0) is 67.9 Å². The molecule has 0 bridgehead atoms. The molecule has 5 rings (SSSR count). The average molecular weight is 677 g/mol. The van der Waals surface area contributed by atoms with Crippen molar-refractivity contribution in [1.82, 2.24) is 14.8 Å². The van der Waals surface area contributed by atoms with Gasteiger partial charge < -0.3 is 10.1 Å². The van der Waals surface area contributed by atoms with Gasteiger partial charge in [-0.1, -0.05) is 23.9 Å². The maximum atomic E-state index is 15.1. The number of amidine groups is 1. The monoisotopic (exact) mass is 676 g/mol. The molecule has 11 nitrogen and oxygen atoms in total. The van der Waals surface area contributed by atoms with E-state index in [1.54, 1.807) is 6.07 Å². The minimum atomic E-state index is -5.51. The SMILES string of the molecule is COC(C)c1ccc(C)cc1N1C(=O)CSC1=NC(=O)Nc1ccc(-c2ncn(-c3ccc(S(=O)(=O)C(F)(F)F)cc3)n2)cc1F. The van der Waals surface area contributed by atoms with Crippen LogP contribution in [-0.2, 0) is 19.4 Å². The summed E-state index contributed by atoms with van der Waals surface area (Å²) in [6, 6.07) is 12.2. The number of sulfone groups is 1. The standard InChI is InChI=1S/C29H24F4N6O5S2/c1-16-4-10-21(17(2)44-3)24(12-16)39-25(40)14-45-28(39)36-27(41)35-23-11-5-18(13-22(23)30)26-34-15-38(37-26)19-6-8-20(9-7-19)46(42,43)29(31,32)33/h4-13,15,17H,14H2,1-3H3,(H,35,41). The molecule has 240 valence electrons. The molecule has 4 aromatic rings. The van der Waals surface area contributed by atoms with Crippen molar-refractivity contribution in [2.45, 2.75) is 30.4 Å². The van der Waals surface area contributed by atoms with Crippen molar-refractivity contribution < 1.29 is 40.3 Å². The molecule has 0 spiro atoms. The lowest BCUT2D eigenvalue weighted by molar-refractivity contribution is -0.115. The molecule has 0 aliphatic carbocycles. The normalized spacial score (nSPS) is 15.4. The second kappa shape index (κ2) is 12.6. The Balaban J connectivity index is 1.32. The Morgan fingerprint density at radius 2 is 1.83 bits per heavy atom. The Hall–Kier alpha value is -4.61. The first kappa shape index (κ1) is 32.8. The number of amides is 3. The Kier molecular flexibility index (Phi) is 9.01. The number of aryl methyl sites for hydroxylation is 1. The Morgan fingerprint density at radius 3 is 2.48 bits per heavy atom. The van der Waals surface area contributed by atoms with E-state index in [1.807, 2.05) is 26.0 Å². The summed E-state index contributed by atoms with van der Waals surface area (Å²) < 4.78 is 83.3. The Bertz CT molecular complexity index is 1960. The molecule has 17 heteroatoms. The van der Waals surface area contributed by atoms with Crippen molar-refractivity contribution >= 4 is 50.1 Å². The van der Waals surface area contributed by atoms with E-state index in [0.29, 0.717) is 5.69 Å². The van der Waals surface area contributed by atoms with Gasteiger partial charge in [0, 0.05) is 18.2 Å². The fourth-order valence-electron chi connectivity index (χ4n) is 4.42. The molecule has 0 radical (unpaired) electrons. The van der Waals surface area contributed by atoms with Crippen molar-refractivity contribution in [2.24, 2.45) is 4.99 Å². The maximum Gasteiger partial charge on any atom is 0.501 e. The second-order valence-electron chi connectivity index (χ2n) is 9.93. The van der Waals surface area contributed by atoms with E-state index in [2.05, 4.69) is 20.4 Å². The zero-order valence-corrected chi connectivity index (χ0v) is 25.9. The van der Waals surface area contributed by atoms with Crippen molar-refractivity contribution in [3.8, 4) is 17.1 Å². The number of aliphatic imine (C=N–C) groups is 1. The summed E-state index contributed by atoms with van der Waals surface area (Å²) in [5.74, 6) is -1.03. The number of alkyl halides is 3. The Morgan fingerprint density at radius 1 is 1.11 bits per heavy atom. The number of ether oxygens (including phenoxy) is 1. The molecule has 1 atom stereocenters. The quantitative estimate of drug-likeness (QED) is 0.234. The van der Waals surface area contributed by atoms with Crippen molar-refractivity contribution in [2.75, 3.05) is 23.1 Å². The summed E-state index contributed by atoms with van der Waals surface area (Å²) >= 11 is 1.07. The smallest absolute Gasteiger partial charge is 0.377 e. The van der Waals surface area contributed by atoms with Gasteiger partial charge in [0.15, 0.2) is 11.0 Å². The molecule has 0 saturated carbocycles. The molecule has 1 aliphatic heterocycles. The Labute approximate surface area is 264 Å². The fourth-order valence-corrected chi connectivity index (χ4v) is 6.04. The van der Waals surface area contributed by atoms with Crippen LogP contribution in [0.25, 0.3) is 17.1 Å². The van der Waals surface area contributed by atoms with Gasteiger partial charge in [0.25, 0.3) is 9.84 Å². The highest BCUT2D eigenvalue weighted by atomic mass is 32.2. The van der Waals surface area contributed by atoms with E-state index in [0.717, 1.165) is 53.2 Å². The molecule has 1 unspecified atom stereocenters. The topological polar surface area (TPSA) is 136 Å². The molecule has 1 fully saturated rings. The van der Waals surface area contributed by atoms with Crippen molar-refractivity contribution in [1.29, 1.82) is 0 Å². The van der Waals surface area contributed by atoms with E-state index in [4.69, 9.17) is 4.74 Å². The predicted molar refractivity (Wildman–Crippen MR) is 163 cm³/mol. The van der Waals surface area contributed by atoms with Crippen LogP contribution in [0.15, 0.2) is 76.9 Å². The first-order chi connectivity index (χ1) is 21.7. The summed E-state index contributed by atoms with van der Waals surface area (Å²) in [6.45, 7) is 3.69. The number of carbonyl (C=O) groups excluding carboxylic acids is 2. The number of halogens is 4. The van der Waals surface area contributed by atoms with Crippen LogP contribution in [0.1, 0.15) is 24.2 Å². The maximum absolute atomic E-state index is 15.1. The molecule has 1 N–H and O–H groups in total. The summed E-state index contributed by atoms with van der Waals surface area (Å²) in [5, 5.41) is 6.66. The summed E-state index contributed by atoms with van der Waals surface area (Å²) in [7, 11) is -3.97. The minimum Gasteiger partial charge on any atom is -0.377 e. The van der Waals surface area contributed by atoms with Gasteiger partial charge in [0.2, 0.25) is 5.91 Å². The zero-order chi connectivity index (χ0) is 33.4. The minimum absolute atomic E-state index is 0.0414. The van der Waals surface area contributed by atoms with Crippen molar-refractivity contribution in [3.05, 3.63) is 83.9 Å². The highest BCUT2D eigenvalue weighted by Gasteiger charge is 2.46. The van der Waals surface area contributed by atoms with E-state index in [9.17, 15) is 31.2 Å². The van der Waals surface area contributed by atoms with Gasteiger partial charge in [-0.2, -0.15) is 18.2 Å². The van der Waals surface area contributed by atoms with E-state index in [-0.39, 0.29) is 45.7 Å². The molecule has 3 amide bonds. The number of nitrogens with one attached hydrogen (secondary N) is 1. The number of hydrogen-bond acceptors (Lipinski definition) is 8. The number of benzene rings is 3. The van der Waals surface area contributed by atoms with Crippen LogP contribution in [0, 0.1) is 12.7 Å². The fraction of sp³-hybridized carbons (Fsp3) is 0.207. The van der Waals surface area contributed by atoms with Gasteiger partial charge >= 0.3 is 11.5 Å². The number of methoxy groups -OCH3 is 1. The van der Waals surface area contributed by atoms with Crippen LogP contribution < -0.4 is 10.2 Å². The second-order valence-corrected chi connectivity index (χ2v) is 12.8. The molecule has 3 aromatic carbocycles. The number of anilines is 2. The number of carbonyl (C=O) groups is 2. The number of nitrogens with zero attached hydrogens (tertiary/aromatic N) is 5. The molecule has 2 heterocycles. The lowest BCUT2D eigenvalue weighted by Gasteiger charge is -2.23. The third-order valence-electron chi connectivity index (χ3n) is 6.86. The highest BCUT2D eigenvalue weighted by Crippen LogP contribution is 2.35. The van der Waals surface area contributed by atoms with Crippen LogP contribution in [0.2, 0.25) is 0 Å². The average Bonchev–Trinajstić information content (AvgIpc) is 3.64. The molecule has 1 saturated heterocycles. The van der Waals surface area contributed by atoms with Crippen LogP contribution >= 0.6 is 11.8 Å². The molecule has 46 heavy (non-hydrogen) atoms. The van der Waals surface area contributed by atoms with Gasteiger partial charge in [-0.25, -0.2) is 27.3 Å². The van der Waals surface area contributed by atoms with E-state index < -0.39 is 32.1 Å². The third kappa shape index (κ3) is 6.52. The van der Waals surface area contributed by atoms with Crippen LogP contribution in [-0.4, -0.2) is 58.7 Å². The van der Waals surface area contributed by atoms with Crippen LogP contribution in [0.5, 0.6) is 0 Å². The van der Waals surface area contributed by atoms with Gasteiger partial charge in [0.05, 0.1) is 33.8 Å². The lowest BCUT2D eigenvalue weighted by Crippen LogP contribution is -2.31. The van der Waals surface area contributed by atoms with Crippen LogP contribution in [0.3, 0.4) is 0 Å². The van der Waals surface area contributed by atoms with Gasteiger partial charge in [0.1, 0.15) is 12.1 Å². The van der Waals surface area contributed by atoms with Crippen LogP contribution in [0.4, 0.5) is 33.7 Å². The largest absolute Gasteiger partial charge is 0.501 e. The lowest BCUT2D eigenvalue weighted by atomic mass is 10.0. The first-order valence-electron chi connectivity index (χ1n) is 13.3. The molecular weight excluding hydrogens is 652 g/mol. The van der Waals surface area contributed by atoms with Crippen molar-refractivity contribution in [3.63, 3.8) is 0 Å². The molecular formula is C29H24F4N6O5S2. The number of thioether (sulfide) groups is 1. The summed E-state index contributed by atoms with van der Waals surface area (Å²) in [5.41, 5.74) is -3.10. The third-order valence-corrected chi connectivity index (χ3v) is 9.28. The van der Waals surface area contributed by atoms with Gasteiger partial charge in [-0.15, -0.1) is 5.10 Å². The predicted octanol–water partition coefficient (Wildman–Crippen LogP) is 6.05. The summed E-state index contributed by atoms with van der Waals surface area (Å²) in [6.07, 6.45) is 0.867. The highest BCUT2D eigenvalue weighted by molar-refractivity contribution is 8.15. The van der Waals surface area contributed by atoms with Gasteiger partial charge in [-0.3, -0.25) is 9.69 Å².